The number of allylic oxidation sites excluding steroid dienone is 1. The van der Waals surface area contributed by atoms with Crippen LogP contribution in [0.1, 0.15) is 90.4 Å². The van der Waals surface area contributed by atoms with Gasteiger partial charge in [0.05, 0.1) is 0 Å². The maximum Gasteiger partial charge on any atom is 0.180 e. The number of hydrogen-bond acceptors (Lipinski definition) is 3. The van der Waals surface area contributed by atoms with Crippen molar-refractivity contribution < 1.29 is 14.7 Å². The summed E-state index contributed by atoms with van der Waals surface area (Å²) in [6, 6.07) is 0. The molecule has 1 saturated carbocycles. The highest BCUT2D eigenvalue weighted by molar-refractivity contribution is 5.90. The maximum atomic E-state index is 12.1. The van der Waals surface area contributed by atoms with Crippen molar-refractivity contribution in [1.82, 2.24) is 0 Å². The van der Waals surface area contributed by atoms with Crippen LogP contribution in [0.2, 0.25) is 0 Å². The Kier molecular flexibility index (Phi) is 11.7. The summed E-state index contributed by atoms with van der Waals surface area (Å²) in [5, 5.41) is 8.63. The molecule has 3 nitrogen and oxygen atoms in total. The largest absolute Gasteiger partial charge is 0.388 e. The molecule has 0 aromatic heterocycles. The highest BCUT2D eigenvalue weighted by Gasteiger charge is 2.33. The molecule has 1 fully saturated rings. The standard InChI is InChI=1S/C21H36O3/c1-2-3-4-5-6-9-12-18-15-16-21(24)20(18)14-11-8-7-10-13-19(23)17-22/h10,13,18,20,22H,2-9,11-12,14-17H2,1H3/t18-,20+/m0/s1. The van der Waals surface area contributed by atoms with Gasteiger partial charge in [0, 0.05) is 12.3 Å². The van der Waals surface area contributed by atoms with Crippen LogP contribution in [0.3, 0.4) is 0 Å². The van der Waals surface area contributed by atoms with Crippen molar-refractivity contribution >= 4 is 11.6 Å². The first-order valence-electron chi connectivity index (χ1n) is 10.0. The zero-order valence-corrected chi connectivity index (χ0v) is 15.5. The molecule has 0 aromatic rings. The Bertz CT molecular complexity index is 387. The van der Waals surface area contributed by atoms with Crippen LogP contribution in [0.5, 0.6) is 0 Å². The van der Waals surface area contributed by atoms with Crippen LogP contribution in [0.4, 0.5) is 0 Å². The van der Waals surface area contributed by atoms with Crippen molar-refractivity contribution in [1.29, 1.82) is 0 Å². The van der Waals surface area contributed by atoms with Crippen LogP contribution in [-0.2, 0) is 9.59 Å². The third kappa shape index (κ3) is 8.77. The van der Waals surface area contributed by atoms with Crippen molar-refractivity contribution in [3.63, 3.8) is 0 Å². The Balaban J connectivity index is 2.15. The van der Waals surface area contributed by atoms with Crippen molar-refractivity contribution in [3.8, 4) is 0 Å². The van der Waals surface area contributed by atoms with E-state index in [1.165, 1.54) is 51.0 Å². The van der Waals surface area contributed by atoms with Gasteiger partial charge in [-0.3, -0.25) is 9.59 Å². The van der Waals surface area contributed by atoms with E-state index in [4.69, 9.17) is 5.11 Å². The van der Waals surface area contributed by atoms with Crippen LogP contribution >= 0.6 is 0 Å². The van der Waals surface area contributed by atoms with Gasteiger partial charge in [-0.2, -0.15) is 0 Å². The van der Waals surface area contributed by atoms with Gasteiger partial charge in [0.25, 0.3) is 0 Å². The van der Waals surface area contributed by atoms with Gasteiger partial charge >= 0.3 is 0 Å². The molecule has 24 heavy (non-hydrogen) atoms. The molecule has 2 atom stereocenters. The minimum absolute atomic E-state index is 0.236. The Hall–Kier alpha value is -0.960. The molecule has 0 amide bonds. The second kappa shape index (κ2) is 13.3. The lowest BCUT2D eigenvalue weighted by Crippen LogP contribution is -2.14. The number of hydrogen-bond donors (Lipinski definition) is 1. The van der Waals surface area contributed by atoms with E-state index in [1.54, 1.807) is 0 Å². The van der Waals surface area contributed by atoms with Crippen LogP contribution in [0.25, 0.3) is 0 Å². The molecule has 0 bridgehead atoms. The Labute approximate surface area is 147 Å². The third-order valence-corrected chi connectivity index (χ3v) is 5.27. The fourth-order valence-corrected chi connectivity index (χ4v) is 3.80. The maximum absolute atomic E-state index is 12.1. The SMILES string of the molecule is CCCCCCCC[C@H]1CCC(=O)[C@@H]1CCCCC=CC(=O)CO. The first-order valence-corrected chi connectivity index (χ1v) is 10.0. The number of Topliss-reactive ketones (excluding diaryl/α,β-unsaturated/α-hetero) is 1. The summed E-state index contributed by atoms with van der Waals surface area (Å²) < 4.78 is 0. The fraction of sp³-hybridized carbons (Fsp3) is 0.810. The molecule has 0 saturated heterocycles. The number of rotatable bonds is 14. The number of carbonyl (C=O) groups is 2. The molecule has 0 aromatic carbocycles. The van der Waals surface area contributed by atoms with E-state index in [1.807, 2.05) is 6.08 Å². The predicted molar refractivity (Wildman–Crippen MR) is 98.9 cm³/mol. The summed E-state index contributed by atoms with van der Waals surface area (Å²) in [5.41, 5.74) is 0. The summed E-state index contributed by atoms with van der Waals surface area (Å²) in [5.74, 6) is 1.16. The molecule has 1 aliphatic rings. The number of ketones is 2. The second-order valence-corrected chi connectivity index (χ2v) is 7.24. The highest BCUT2D eigenvalue weighted by atomic mass is 16.3. The van der Waals surface area contributed by atoms with E-state index in [0.29, 0.717) is 17.6 Å². The molecule has 1 rings (SSSR count). The summed E-state index contributed by atoms with van der Waals surface area (Å²) in [6.07, 6.45) is 18.3. The minimum Gasteiger partial charge on any atom is -0.388 e. The van der Waals surface area contributed by atoms with Crippen molar-refractivity contribution in [2.45, 2.75) is 90.4 Å². The minimum atomic E-state index is -0.410. The number of aliphatic hydroxyl groups is 1. The topological polar surface area (TPSA) is 54.4 Å². The van der Waals surface area contributed by atoms with Crippen molar-refractivity contribution in [2.24, 2.45) is 11.8 Å². The molecule has 0 aliphatic heterocycles. The third-order valence-electron chi connectivity index (χ3n) is 5.27. The quantitative estimate of drug-likeness (QED) is 0.358. The van der Waals surface area contributed by atoms with Gasteiger partial charge in [0.1, 0.15) is 12.4 Å². The van der Waals surface area contributed by atoms with E-state index in [9.17, 15) is 9.59 Å². The van der Waals surface area contributed by atoms with Gasteiger partial charge in [-0.1, -0.05) is 57.9 Å². The van der Waals surface area contributed by atoms with Gasteiger partial charge in [0.2, 0.25) is 0 Å². The molecular weight excluding hydrogens is 300 g/mol. The Morgan fingerprint density at radius 2 is 1.79 bits per heavy atom. The zero-order valence-electron chi connectivity index (χ0n) is 15.5. The molecule has 0 unspecified atom stereocenters. The summed E-state index contributed by atoms with van der Waals surface area (Å²) >= 11 is 0. The molecule has 1 aliphatic carbocycles. The van der Waals surface area contributed by atoms with Gasteiger partial charge in [0.15, 0.2) is 5.78 Å². The highest BCUT2D eigenvalue weighted by Crippen LogP contribution is 2.36. The lowest BCUT2D eigenvalue weighted by Gasteiger charge is -2.18. The Morgan fingerprint density at radius 3 is 2.54 bits per heavy atom. The average Bonchev–Trinajstić information content (AvgIpc) is 2.94. The normalized spacial score (nSPS) is 21.0. The summed E-state index contributed by atoms with van der Waals surface area (Å²) in [6.45, 7) is 1.84. The van der Waals surface area contributed by atoms with Crippen LogP contribution in [0.15, 0.2) is 12.2 Å². The van der Waals surface area contributed by atoms with E-state index in [2.05, 4.69) is 6.92 Å². The summed E-state index contributed by atoms with van der Waals surface area (Å²) in [4.78, 5) is 23.1. The van der Waals surface area contributed by atoms with E-state index < -0.39 is 6.61 Å². The van der Waals surface area contributed by atoms with Gasteiger partial charge in [-0.15, -0.1) is 0 Å². The molecule has 0 heterocycles. The van der Waals surface area contributed by atoms with Crippen molar-refractivity contribution in [2.75, 3.05) is 6.61 Å². The molecule has 3 heteroatoms. The number of carbonyl (C=O) groups excluding carboxylic acids is 2. The van der Waals surface area contributed by atoms with Crippen LogP contribution in [0, 0.1) is 11.8 Å². The van der Waals surface area contributed by atoms with Crippen LogP contribution in [-0.4, -0.2) is 23.3 Å². The predicted octanol–water partition coefficient (Wildman–Crippen LogP) is 5.01. The number of unbranched alkanes of at least 4 members (excludes halogenated alkanes) is 7. The van der Waals surface area contributed by atoms with Gasteiger partial charge in [-0.05, 0) is 44.1 Å². The molecule has 138 valence electrons. The van der Waals surface area contributed by atoms with E-state index in [-0.39, 0.29) is 5.78 Å². The van der Waals surface area contributed by atoms with E-state index >= 15 is 0 Å². The molecule has 0 spiro atoms. The second-order valence-electron chi connectivity index (χ2n) is 7.24. The van der Waals surface area contributed by atoms with Gasteiger partial charge < -0.3 is 5.11 Å². The lowest BCUT2D eigenvalue weighted by atomic mass is 9.86. The molecule has 1 N–H and O–H groups in total. The molecular formula is C21H36O3. The molecule has 0 radical (unpaired) electrons. The number of aliphatic hydroxyl groups excluding tert-OH is 1. The monoisotopic (exact) mass is 336 g/mol. The van der Waals surface area contributed by atoms with Crippen molar-refractivity contribution in [3.05, 3.63) is 12.2 Å². The fourth-order valence-electron chi connectivity index (χ4n) is 3.80. The summed E-state index contributed by atoms with van der Waals surface area (Å²) in [7, 11) is 0. The van der Waals surface area contributed by atoms with Crippen LogP contribution < -0.4 is 0 Å². The first kappa shape index (κ1) is 21.1. The van der Waals surface area contributed by atoms with Gasteiger partial charge in [-0.25, -0.2) is 0 Å². The first-order chi connectivity index (χ1) is 11.7. The smallest absolute Gasteiger partial charge is 0.180 e. The Morgan fingerprint density at radius 1 is 1.08 bits per heavy atom. The van der Waals surface area contributed by atoms with E-state index in [0.717, 1.165) is 38.5 Å². The lowest BCUT2D eigenvalue weighted by molar-refractivity contribution is -0.121. The average molecular weight is 337 g/mol. The zero-order chi connectivity index (χ0) is 17.6.